The number of hydrogen-bond acceptors (Lipinski definition) is 3. The van der Waals surface area contributed by atoms with Crippen LogP contribution in [0, 0.1) is 3.57 Å². The molecule has 0 saturated heterocycles. The third-order valence-electron chi connectivity index (χ3n) is 3.14. The van der Waals surface area contributed by atoms with Crippen LogP contribution < -0.4 is 0 Å². The van der Waals surface area contributed by atoms with Crippen LogP contribution in [0.5, 0.6) is 0 Å². The maximum Gasteiger partial charge on any atom is 0.143 e. The Morgan fingerprint density at radius 2 is 2.23 bits per heavy atom. The van der Waals surface area contributed by atoms with Gasteiger partial charge in [-0.25, -0.2) is 4.98 Å². The second-order valence-electron chi connectivity index (χ2n) is 6.14. The van der Waals surface area contributed by atoms with Gasteiger partial charge < -0.3 is 9.30 Å². The van der Waals surface area contributed by atoms with Gasteiger partial charge in [-0.15, -0.1) is 0 Å². The van der Waals surface area contributed by atoms with Crippen LogP contribution in [0.15, 0.2) is 22.0 Å². The summed E-state index contributed by atoms with van der Waals surface area (Å²) in [5.41, 5.74) is 10.1. The van der Waals surface area contributed by atoms with Crippen molar-refractivity contribution in [2.24, 2.45) is 5.11 Å². The number of aromatic nitrogens is 2. The summed E-state index contributed by atoms with van der Waals surface area (Å²) in [5, 5.41) is 4.63. The number of pyridine rings is 1. The average Bonchev–Trinajstić information content (AvgIpc) is 2.74. The van der Waals surface area contributed by atoms with Crippen LogP contribution in [0.1, 0.15) is 0 Å². The molecule has 0 spiro atoms. The van der Waals surface area contributed by atoms with Crippen LogP contribution >= 0.6 is 38.5 Å². The molecule has 0 radical (unpaired) electrons. The first-order valence-corrected chi connectivity index (χ1v) is 12.4. The molecule has 0 N–H and O–H groups in total. The van der Waals surface area contributed by atoms with E-state index >= 15 is 0 Å². The van der Waals surface area contributed by atoms with Gasteiger partial charge in [0.05, 0.1) is 5.69 Å². The van der Waals surface area contributed by atoms with E-state index in [2.05, 4.69) is 73.2 Å². The van der Waals surface area contributed by atoms with Crippen LogP contribution in [0.3, 0.4) is 0 Å². The Morgan fingerprint density at radius 1 is 1.50 bits per heavy atom. The molecule has 118 valence electrons. The second kappa shape index (κ2) is 7.31. The van der Waals surface area contributed by atoms with Gasteiger partial charge in [-0.05, 0) is 50.1 Å². The molecule has 0 atom stereocenters. The minimum Gasteiger partial charge on any atom is -0.361 e. The Kier molecular flexibility index (Phi) is 5.89. The van der Waals surface area contributed by atoms with Crippen molar-refractivity contribution >= 4 is 63.3 Å². The highest BCUT2D eigenvalue weighted by molar-refractivity contribution is 14.1. The monoisotopic (exact) mass is 493 g/mol. The molecule has 0 bridgehead atoms. The van der Waals surface area contributed by atoms with Crippen LogP contribution in [0.4, 0.5) is 5.69 Å². The van der Waals surface area contributed by atoms with Crippen molar-refractivity contribution in [3.8, 4) is 0 Å². The maximum atomic E-state index is 8.74. The largest absolute Gasteiger partial charge is 0.361 e. The summed E-state index contributed by atoms with van der Waals surface area (Å²) in [6.07, 6.45) is 3.62. The van der Waals surface area contributed by atoms with Gasteiger partial charge >= 0.3 is 0 Å². The number of ether oxygens (including phenoxy) is 1. The van der Waals surface area contributed by atoms with Crippen molar-refractivity contribution in [2.45, 2.75) is 32.4 Å². The lowest BCUT2D eigenvalue weighted by molar-refractivity contribution is 0.0898. The van der Waals surface area contributed by atoms with Crippen molar-refractivity contribution in [3.05, 3.63) is 30.9 Å². The maximum absolute atomic E-state index is 8.74. The van der Waals surface area contributed by atoms with E-state index in [1.165, 1.54) is 0 Å². The van der Waals surface area contributed by atoms with Crippen LogP contribution in [0.2, 0.25) is 25.7 Å². The topological polar surface area (TPSA) is 75.8 Å². The fraction of sp³-hybridized carbons (Fsp3) is 0.462. The number of azide groups is 1. The predicted octanol–water partition coefficient (Wildman–Crippen LogP) is 5.66. The highest BCUT2D eigenvalue weighted by Crippen LogP contribution is 2.36. The van der Waals surface area contributed by atoms with E-state index in [0.717, 1.165) is 27.3 Å². The summed E-state index contributed by atoms with van der Waals surface area (Å²) < 4.78 is 9.41. The molecule has 0 saturated carbocycles. The van der Waals surface area contributed by atoms with E-state index in [0.29, 0.717) is 16.9 Å². The van der Waals surface area contributed by atoms with Crippen molar-refractivity contribution in [1.82, 2.24) is 9.55 Å². The average molecular weight is 494 g/mol. The molecule has 9 heteroatoms. The van der Waals surface area contributed by atoms with Gasteiger partial charge in [0.2, 0.25) is 0 Å². The zero-order valence-electron chi connectivity index (χ0n) is 12.7. The van der Waals surface area contributed by atoms with Gasteiger partial charge in [0.1, 0.15) is 12.4 Å². The molecular formula is C13H17BrIN5OSi. The van der Waals surface area contributed by atoms with Gasteiger partial charge in [0, 0.05) is 45.4 Å². The zero-order valence-corrected chi connectivity index (χ0v) is 17.4. The Hall–Kier alpha value is -0.613. The smallest absolute Gasteiger partial charge is 0.143 e. The van der Waals surface area contributed by atoms with Crippen LogP contribution in [-0.2, 0) is 11.5 Å². The van der Waals surface area contributed by atoms with E-state index in [-0.39, 0.29) is 0 Å². The third-order valence-corrected chi connectivity index (χ3v) is 6.24. The third kappa shape index (κ3) is 4.22. The van der Waals surface area contributed by atoms with Crippen LogP contribution in [-0.4, -0.2) is 24.2 Å². The first-order chi connectivity index (χ1) is 10.3. The van der Waals surface area contributed by atoms with Gasteiger partial charge in [-0.2, -0.15) is 0 Å². The molecule has 2 heterocycles. The van der Waals surface area contributed by atoms with E-state index in [1.807, 2.05) is 10.8 Å². The first-order valence-electron chi connectivity index (χ1n) is 6.79. The Balaban J connectivity index is 2.26. The van der Waals surface area contributed by atoms with E-state index in [1.54, 1.807) is 6.20 Å². The first kappa shape index (κ1) is 17.7. The molecule has 0 aliphatic rings. The van der Waals surface area contributed by atoms with E-state index in [4.69, 9.17) is 10.3 Å². The lowest BCUT2D eigenvalue weighted by atomic mass is 10.3. The van der Waals surface area contributed by atoms with Gasteiger partial charge in [0.25, 0.3) is 0 Å². The fourth-order valence-electron chi connectivity index (χ4n) is 1.95. The summed E-state index contributed by atoms with van der Waals surface area (Å²) in [6, 6.07) is 1.13. The molecule has 0 unspecified atom stereocenters. The molecule has 6 nitrogen and oxygen atoms in total. The number of fused-ring (bicyclic) bond motifs is 1. The number of hydrogen-bond donors (Lipinski definition) is 0. The lowest BCUT2D eigenvalue weighted by Gasteiger charge is -2.15. The fourth-order valence-corrected chi connectivity index (χ4v) is 3.92. The summed E-state index contributed by atoms with van der Waals surface area (Å²) in [7, 11) is -1.08. The lowest BCUT2D eigenvalue weighted by Crippen LogP contribution is -2.22. The predicted molar refractivity (Wildman–Crippen MR) is 103 cm³/mol. The van der Waals surface area contributed by atoms with Gasteiger partial charge in [-0.1, -0.05) is 24.8 Å². The quantitative estimate of drug-likeness (QED) is 0.130. The Morgan fingerprint density at radius 3 is 2.86 bits per heavy atom. The highest BCUT2D eigenvalue weighted by Gasteiger charge is 2.15. The van der Waals surface area contributed by atoms with Crippen molar-refractivity contribution in [2.75, 3.05) is 6.61 Å². The molecular weight excluding hydrogens is 477 g/mol. The number of halogens is 2. The molecule has 0 fully saturated rings. The minimum atomic E-state index is -1.08. The molecule has 0 aliphatic heterocycles. The standard InChI is InChI=1S/C13H17BrIN5OSi/c1-22(2,3)5-4-21-8-20-7-10(15)11-12(18-19-16)9(14)6-17-13(11)20/h6-7H,4-5,8H2,1-3H3. The van der Waals surface area contributed by atoms with Gasteiger partial charge in [-0.3, -0.25) is 0 Å². The molecule has 0 amide bonds. The van der Waals surface area contributed by atoms with Crippen molar-refractivity contribution in [3.63, 3.8) is 0 Å². The summed E-state index contributed by atoms with van der Waals surface area (Å²) >= 11 is 5.60. The van der Waals surface area contributed by atoms with Crippen molar-refractivity contribution in [1.29, 1.82) is 0 Å². The normalized spacial score (nSPS) is 11.7. The Labute approximate surface area is 152 Å². The molecule has 2 aromatic heterocycles. The van der Waals surface area contributed by atoms with E-state index < -0.39 is 8.07 Å². The molecule has 0 aliphatic carbocycles. The molecule has 0 aromatic carbocycles. The number of rotatable bonds is 6. The Bertz CT molecular complexity index is 736. The zero-order chi connectivity index (χ0) is 16.3. The van der Waals surface area contributed by atoms with Gasteiger partial charge in [0.15, 0.2) is 0 Å². The summed E-state index contributed by atoms with van der Waals surface area (Å²) in [6.45, 7) is 8.20. The summed E-state index contributed by atoms with van der Waals surface area (Å²) in [5.74, 6) is 0. The van der Waals surface area contributed by atoms with Crippen molar-refractivity contribution < 1.29 is 4.74 Å². The second-order valence-corrected chi connectivity index (χ2v) is 13.8. The van der Waals surface area contributed by atoms with Crippen LogP contribution in [0.25, 0.3) is 21.5 Å². The highest BCUT2D eigenvalue weighted by atomic mass is 127. The minimum absolute atomic E-state index is 0.453. The molecule has 22 heavy (non-hydrogen) atoms. The summed E-state index contributed by atoms with van der Waals surface area (Å²) in [4.78, 5) is 7.33. The molecule has 2 aromatic rings. The molecule has 2 rings (SSSR count). The SMILES string of the molecule is C[Si](C)(C)CCOCn1cc(I)c2c(N=[N+]=[N-])c(Br)cnc21. The van der Waals surface area contributed by atoms with E-state index in [9.17, 15) is 0 Å². The number of nitrogens with zero attached hydrogens (tertiary/aromatic N) is 5.